The molecule has 0 saturated heterocycles. The van der Waals surface area contributed by atoms with Crippen molar-refractivity contribution in [2.45, 2.75) is 11.3 Å². The van der Waals surface area contributed by atoms with Crippen molar-refractivity contribution in [1.29, 1.82) is 0 Å². The topological polar surface area (TPSA) is 66.9 Å². The minimum atomic E-state index is -0.0386. The first kappa shape index (κ1) is 15.5. The summed E-state index contributed by atoms with van der Waals surface area (Å²) in [5, 5.41) is 14.8. The molecule has 0 aliphatic rings. The van der Waals surface area contributed by atoms with Crippen molar-refractivity contribution < 1.29 is 4.79 Å². The normalized spacial score (nSPS) is 10.1. The van der Waals surface area contributed by atoms with Crippen molar-refractivity contribution in [3.63, 3.8) is 0 Å². The van der Waals surface area contributed by atoms with Gasteiger partial charge in [0.2, 0.25) is 11.0 Å². The standard InChI is InChI=1S/C14H16N4OS2/c1-3-7-15-12(19)9-20-14-18-17-13(21-14)16-11-6-4-5-10(2)8-11/h3-6,8H,1,7,9H2,2H3,(H,15,19)(H,16,17). The maximum Gasteiger partial charge on any atom is 0.230 e. The fourth-order valence-corrected chi connectivity index (χ4v) is 3.13. The first-order valence-corrected chi connectivity index (χ1v) is 8.15. The summed E-state index contributed by atoms with van der Waals surface area (Å²) in [7, 11) is 0. The number of nitrogens with zero attached hydrogens (tertiary/aromatic N) is 2. The van der Waals surface area contributed by atoms with Crippen molar-refractivity contribution in [2.24, 2.45) is 0 Å². The Hall–Kier alpha value is -1.86. The van der Waals surface area contributed by atoms with Gasteiger partial charge in [-0.1, -0.05) is 41.3 Å². The highest BCUT2D eigenvalue weighted by molar-refractivity contribution is 8.01. The van der Waals surface area contributed by atoms with Gasteiger partial charge >= 0.3 is 0 Å². The van der Waals surface area contributed by atoms with Crippen LogP contribution in [-0.2, 0) is 4.79 Å². The molecule has 1 heterocycles. The number of aryl methyl sites for hydroxylation is 1. The molecule has 1 aromatic carbocycles. The van der Waals surface area contributed by atoms with Gasteiger partial charge in [-0.05, 0) is 24.6 Å². The minimum Gasteiger partial charge on any atom is -0.352 e. The molecule has 2 N–H and O–H groups in total. The fraction of sp³-hybridized carbons (Fsp3) is 0.214. The van der Waals surface area contributed by atoms with E-state index in [0.29, 0.717) is 12.3 Å². The number of carbonyl (C=O) groups excluding carboxylic acids is 1. The van der Waals surface area contributed by atoms with Crippen molar-refractivity contribution in [2.75, 3.05) is 17.6 Å². The molecule has 1 aromatic heterocycles. The molecule has 7 heteroatoms. The van der Waals surface area contributed by atoms with Crippen molar-refractivity contribution in [1.82, 2.24) is 15.5 Å². The van der Waals surface area contributed by atoms with Crippen LogP contribution in [0, 0.1) is 6.92 Å². The summed E-state index contributed by atoms with van der Waals surface area (Å²) in [6, 6.07) is 8.04. The van der Waals surface area contributed by atoms with E-state index in [9.17, 15) is 4.79 Å². The van der Waals surface area contributed by atoms with Gasteiger partial charge in [0.05, 0.1) is 5.75 Å². The molecule has 0 aliphatic heterocycles. The van der Waals surface area contributed by atoms with Crippen LogP contribution >= 0.6 is 23.1 Å². The quantitative estimate of drug-likeness (QED) is 0.606. The van der Waals surface area contributed by atoms with Gasteiger partial charge in [0, 0.05) is 12.2 Å². The summed E-state index contributed by atoms with van der Waals surface area (Å²) < 4.78 is 0.763. The molecule has 0 bridgehead atoms. The Labute approximate surface area is 131 Å². The first-order valence-electron chi connectivity index (χ1n) is 6.35. The lowest BCUT2D eigenvalue weighted by molar-refractivity contribution is -0.118. The molecule has 0 saturated carbocycles. The third-order valence-electron chi connectivity index (χ3n) is 2.45. The largest absolute Gasteiger partial charge is 0.352 e. The van der Waals surface area contributed by atoms with E-state index in [1.54, 1.807) is 6.08 Å². The molecule has 0 spiro atoms. The number of hydrogen-bond donors (Lipinski definition) is 2. The molecule has 0 unspecified atom stereocenters. The van der Waals surface area contributed by atoms with E-state index in [1.807, 2.05) is 31.2 Å². The van der Waals surface area contributed by atoms with Gasteiger partial charge in [0.15, 0.2) is 4.34 Å². The lowest BCUT2D eigenvalue weighted by atomic mass is 10.2. The van der Waals surface area contributed by atoms with E-state index in [2.05, 4.69) is 27.4 Å². The number of hydrogen-bond acceptors (Lipinski definition) is 6. The van der Waals surface area contributed by atoms with E-state index in [1.165, 1.54) is 28.7 Å². The summed E-state index contributed by atoms with van der Waals surface area (Å²) in [5.74, 6) is 0.288. The lowest BCUT2D eigenvalue weighted by Crippen LogP contribution is -2.24. The van der Waals surface area contributed by atoms with Crippen LogP contribution in [0.1, 0.15) is 5.56 Å². The predicted molar refractivity (Wildman–Crippen MR) is 88.3 cm³/mol. The Balaban J connectivity index is 1.86. The molecule has 2 rings (SSSR count). The Kier molecular flexibility index (Phi) is 5.77. The lowest BCUT2D eigenvalue weighted by Gasteiger charge is -2.02. The maximum atomic E-state index is 11.5. The first-order chi connectivity index (χ1) is 10.2. The number of thioether (sulfide) groups is 1. The van der Waals surface area contributed by atoms with Gasteiger partial charge in [-0.2, -0.15) is 0 Å². The Morgan fingerprint density at radius 1 is 1.48 bits per heavy atom. The van der Waals surface area contributed by atoms with Crippen molar-refractivity contribution >= 4 is 39.8 Å². The summed E-state index contributed by atoms with van der Waals surface area (Å²) in [4.78, 5) is 11.5. The van der Waals surface area contributed by atoms with Gasteiger partial charge in [0.25, 0.3) is 0 Å². The second kappa shape index (κ2) is 7.80. The number of rotatable bonds is 7. The summed E-state index contributed by atoms with van der Waals surface area (Å²) in [6.45, 7) is 6.07. The number of nitrogens with one attached hydrogen (secondary N) is 2. The van der Waals surface area contributed by atoms with Crippen molar-refractivity contribution in [3.8, 4) is 0 Å². The van der Waals surface area contributed by atoms with Gasteiger partial charge < -0.3 is 10.6 Å². The van der Waals surface area contributed by atoms with E-state index in [4.69, 9.17) is 0 Å². The Morgan fingerprint density at radius 2 is 2.33 bits per heavy atom. The number of anilines is 2. The molecule has 2 aromatic rings. The highest BCUT2D eigenvalue weighted by Crippen LogP contribution is 2.27. The molecule has 1 amide bonds. The van der Waals surface area contributed by atoms with Crippen molar-refractivity contribution in [3.05, 3.63) is 42.5 Å². The third kappa shape index (κ3) is 5.20. The smallest absolute Gasteiger partial charge is 0.230 e. The monoisotopic (exact) mass is 320 g/mol. The molecule has 21 heavy (non-hydrogen) atoms. The van der Waals surface area contributed by atoms with Crippen LogP contribution in [0.3, 0.4) is 0 Å². The molecule has 0 radical (unpaired) electrons. The molecule has 0 aliphatic carbocycles. The maximum absolute atomic E-state index is 11.5. The highest BCUT2D eigenvalue weighted by atomic mass is 32.2. The Bertz CT molecular complexity index is 627. The van der Waals surface area contributed by atoms with Gasteiger partial charge in [-0.15, -0.1) is 16.8 Å². The zero-order valence-corrected chi connectivity index (χ0v) is 13.3. The van der Waals surface area contributed by atoms with Crippen LogP contribution in [0.5, 0.6) is 0 Å². The summed E-state index contributed by atoms with van der Waals surface area (Å²) in [5.41, 5.74) is 2.16. The summed E-state index contributed by atoms with van der Waals surface area (Å²) >= 11 is 2.80. The van der Waals surface area contributed by atoms with E-state index >= 15 is 0 Å². The number of aromatic nitrogens is 2. The molecule has 0 fully saturated rings. The number of amides is 1. The van der Waals surface area contributed by atoms with Gasteiger partial charge in [-0.3, -0.25) is 4.79 Å². The zero-order chi connectivity index (χ0) is 15.1. The third-order valence-corrected chi connectivity index (χ3v) is 4.42. The van der Waals surface area contributed by atoms with Crippen LogP contribution < -0.4 is 10.6 Å². The zero-order valence-electron chi connectivity index (χ0n) is 11.6. The van der Waals surface area contributed by atoms with E-state index in [-0.39, 0.29) is 5.91 Å². The van der Waals surface area contributed by atoms with Crippen LogP contribution in [0.2, 0.25) is 0 Å². The molecule has 0 atom stereocenters. The number of benzene rings is 1. The second-order valence-electron chi connectivity index (χ2n) is 4.25. The molecular formula is C14H16N4OS2. The van der Waals surface area contributed by atoms with Crippen LogP contribution in [0.4, 0.5) is 10.8 Å². The number of carbonyl (C=O) groups is 1. The Morgan fingerprint density at radius 3 is 3.10 bits per heavy atom. The summed E-state index contributed by atoms with van der Waals surface area (Å²) in [6.07, 6.45) is 1.65. The average Bonchev–Trinajstić information content (AvgIpc) is 2.90. The van der Waals surface area contributed by atoms with Crippen LogP contribution in [0.25, 0.3) is 0 Å². The minimum absolute atomic E-state index is 0.0386. The predicted octanol–water partition coefficient (Wildman–Crippen LogP) is 2.98. The van der Waals surface area contributed by atoms with E-state index < -0.39 is 0 Å². The second-order valence-corrected chi connectivity index (χ2v) is 6.45. The van der Waals surface area contributed by atoms with Gasteiger partial charge in [0.1, 0.15) is 0 Å². The van der Waals surface area contributed by atoms with E-state index in [0.717, 1.165) is 15.2 Å². The van der Waals surface area contributed by atoms with Crippen LogP contribution in [-0.4, -0.2) is 28.4 Å². The SMILES string of the molecule is C=CCNC(=O)CSc1nnc(Nc2cccc(C)c2)s1. The fourth-order valence-electron chi connectivity index (χ4n) is 1.53. The highest BCUT2D eigenvalue weighted by Gasteiger charge is 2.08. The average molecular weight is 320 g/mol. The molecule has 110 valence electrons. The van der Waals surface area contributed by atoms with Crippen LogP contribution in [0.15, 0.2) is 41.3 Å². The molecule has 5 nitrogen and oxygen atoms in total. The molecular weight excluding hydrogens is 304 g/mol. The van der Waals surface area contributed by atoms with Gasteiger partial charge in [-0.25, -0.2) is 0 Å².